The van der Waals surface area contributed by atoms with Crippen LogP contribution in [0.2, 0.25) is 0 Å². The molecule has 2 saturated heterocycles. The van der Waals surface area contributed by atoms with Crippen LogP contribution in [-0.4, -0.2) is 45.4 Å². The highest BCUT2D eigenvalue weighted by molar-refractivity contribution is 5.57. The first-order chi connectivity index (χ1) is 8.83. The number of benzene rings is 1. The number of hydrogen-bond acceptors (Lipinski definition) is 4. The molecule has 0 spiro atoms. The second-order valence-corrected chi connectivity index (χ2v) is 5.11. The van der Waals surface area contributed by atoms with Gasteiger partial charge in [0.25, 0.3) is 0 Å². The number of rotatable bonds is 2. The van der Waals surface area contributed by atoms with Crippen LogP contribution in [0.4, 0.5) is 11.4 Å². The zero-order valence-corrected chi connectivity index (χ0v) is 10.7. The van der Waals surface area contributed by atoms with E-state index in [4.69, 9.17) is 10.5 Å². The topological polar surface area (TPSA) is 41.7 Å². The molecule has 98 valence electrons. The molecule has 2 N–H and O–H groups in total. The summed E-state index contributed by atoms with van der Waals surface area (Å²) >= 11 is 0. The zero-order valence-electron chi connectivity index (χ0n) is 10.7. The molecule has 2 aliphatic heterocycles. The third-order valence-electron chi connectivity index (χ3n) is 3.82. The van der Waals surface area contributed by atoms with Crippen LogP contribution in [0.25, 0.3) is 0 Å². The molecular weight excluding hydrogens is 226 g/mol. The lowest BCUT2D eigenvalue weighted by Crippen LogP contribution is -2.36. The summed E-state index contributed by atoms with van der Waals surface area (Å²) in [6.45, 7) is 5.72. The summed E-state index contributed by atoms with van der Waals surface area (Å²) in [7, 11) is 0. The molecule has 3 rings (SSSR count). The van der Waals surface area contributed by atoms with Crippen LogP contribution in [0.1, 0.15) is 6.42 Å². The number of ether oxygens (including phenoxy) is 1. The quantitative estimate of drug-likeness (QED) is 0.848. The van der Waals surface area contributed by atoms with Crippen LogP contribution < -0.4 is 15.5 Å². The summed E-state index contributed by atoms with van der Waals surface area (Å²) in [5.74, 6) is 0. The smallest absolute Gasteiger partial charge is 0.0642 e. The molecule has 0 aliphatic carbocycles. The Hall–Kier alpha value is -1.26. The van der Waals surface area contributed by atoms with E-state index in [0.29, 0.717) is 6.04 Å². The van der Waals surface area contributed by atoms with Gasteiger partial charge in [0.1, 0.15) is 0 Å². The molecule has 1 aromatic rings. The SMILES string of the molecule is NC1CCN(c2ccc(N3CCOCC3)cc2)C1. The molecule has 2 heterocycles. The number of nitrogens with zero attached hydrogens (tertiary/aromatic N) is 2. The molecule has 4 nitrogen and oxygen atoms in total. The van der Waals surface area contributed by atoms with Crippen LogP contribution in [0.3, 0.4) is 0 Å². The standard InChI is InChI=1S/C14H21N3O/c15-12-5-6-17(11-12)14-3-1-13(2-4-14)16-7-9-18-10-8-16/h1-4,12H,5-11,15H2. The van der Waals surface area contributed by atoms with Gasteiger partial charge >= 0.3 is 0 Å². The monoisotopic (exact) mass is 247 g/mol. The van der Waals surface area contributed by atoms with Gasteiger partial charge in [-0.15, -0.1) is 0 Å². The van der Waals surface area contributed by atoms with Gasteiger partial charge in [-0.25, -0.2) is 0 Å². The van der Waals surface area contributed by atoms with Gasteiger partial charge in [0.05, 0.1) is 13.2 Å². The third kappa shape index (κ3) is 2.44. The van der Waals surface area contributed by atoms with Crippen molar-refractivity contribution in [2.75, 3.05) is 49.2 Å². The Labute approximate surface area is 108 Å². The zero-order chi connectivity index (χ0) is 12.4. The lowest BCUT2D eigenvalue weighted by Gasteiger charge is -2.29. The van der Waals surface area contributed by atoms with Crippen LogP contribution in [0.5, 0.6) is 0 Å². The van der Waals surface area contributed by atoms with Crippen LogP contribution in [0, 0.1) is 0 Å². The predicted octanol–water partition coefficient (Wildman–Crippen LogP) is 1.06. The Morgan fingerprint density at radius 2 is 1.56 bits per heavy atom. The van der Waals surface area contributed by atoms with Crippen molar-refractivity contribution in [3.8, 4) is 0 Å². The molecule has 18 heavy (non-hydrogen) atoms. The molecule has 0 bridgehead atoms. The Morgan fingerprint density at radius 3 is 2.11 bits per heavy atom. The molecule has 1 aromatic carbocycles. The minimum atomic E-state index is 0.337. The van der Waals surface area contributed by atoms with E-state index in [2.05, 4.69) is 34.1 Å². The van der Waals surface area contributed by atoms with Crippen molar-refractivity contribution in [3.63, 3.8) is 0 Å². The van der Waals surface area contributed by atoms with Crippen molar-refractivity contribution in [3.05, 3.63) is 24.3 Å². The van der Waals surface area contributed by atoms with Gasteiger partial charge in [0.15, 0.2) is 0 Å². The van der Waals surface area contributed by atoms with E-state index < -0.39 is 0 Å². The fourth-order valence-electron chi connectivity index (χ4n) is 2.72. The Morgan fingerprint density at radius 1 is 0.944 bits per heavy atom. The third-order valence-corrected chi connectivity index (χ3v) is 3.82. The lowest BCUT2D eigenvalue weighted by atomic mass is 10.2. The van der Waals surface area contributed by atoms with Gasteiger partial charge in [0.2, 0.25) is 0 Å². The minimum Gasteiger partial charge on any atom is -0.378 e. The van der Waals surface area contributed by atoms with Crippen molar-refractivity contribution in [1.29, 1.82) is 0 Å². The summed E-state index contributed by atoms with van der Waals surface area (Å²) in [6.07, 6.45) is 1.10. The summed E-state index contributed by atoms with van der Waals surface area (Å²) in [4.78, 5) is 4.75. The first-order valence-corrected chi connectivity index (χ1v) is 6.76. The van der Waals surface area contributed by atoms with Crippen LogP contribution in [-0.2, 0) is 4.74 Å². The molecule has 1 atom stereocenters. The maximum atomic E-state index is 5.95. The number of morpholine rings is 1. The van der Waals surface area contributed by atoms with Gasteiger partial charge in [0, 0.05) is 43.6 Å². The second-order valence-electron chi connectivity index (χ2n) is 5.11. The van der Waals surface area contributed by atoms with E-state index in [1.807, 2.05) is 0 Å². The number of hydrogen-bond donors (Lipinski definition) is 1. The van der Waals surface area contributed by atoms with E-state index >= 15 is 0 Å². The van der Waals surface area contributed by atoms with Gasteiger partial charge in [-0.1, -0.05) is 0 Å². The van der Waals surface area contributed by atoms with Crippen molar-refractivity contribution in [2.24, 2.45) is 5.73 Å². The highest BCUT2D eigenvalue weighted by atomic mass is 16.5. The van der Waals surface area contributed by atoms with Crippen LogP contribution >= 0.6 is 0 Å². The van der Waals surface area contributed by atoms with Gasteiger partial charge in [-0.2, -0.15) is 0 Å². The second kappa shape index (κ2) is 5.16. The summed E-state index contributed by atoms with van der Waals surface area (Å²) in [5, 5.41) is 0. The molecule has 2 aliphatic rings. The van der Waals surface area contributed by atoms with Gasteiger partial charge < -0.3 is 20.3 Å². The fraction of sp³-hybridized carbons (Fsp3) is 0.571. The van der Waals surface area contributed by atoms with E-state index in [1.54, 1.807) is 0 Å². The minimum absolute atomic E-state index is 0.337. The summed E-state index contributed by atoms with van der Waals surface area (Å²) in [6, 6.07) is 9.18. The predicted molar refractivity (Wildman–Crippen MR) is 74.3 cm³/mol. The van der Waals surface area contributed by atoms with Crippen molar-refractivity contribution < 1.29 is 4.74 Å². The molecule has 4 heteroatoms. The molecule has 0 saturated carbocycles. The number of nitrogens with two attached hydrogens (primary N) is 1. The largest absolute Gasteiger partial charge is 0.378 e. The molecule has 1 unspecified atom stereocenters. The van der Waals surface area contributed by atoms with Gasteiger partial charge in [-0.05, 0) is 30.7 Å². The molecular formula is C14H21N3O. The maximum Gasteiger partial charge on any atom is 0.0642 e. The van der Waals surface area contributed by atoms with Crippen molar-refractivity contribution in [2.45, 2.75) is 12.5 Å². The average molecular weight is 247 g/mol. The summed E-state index contributed by atoms with van der Waals surface area (Å²) < 4.78 is 5.37. The van der Waals surface area contributed by atoms with Crippen LogP contribution in [0.15, 0.2) is 24.3 Å². The lowest BCUT2D eigenvalue weighted by molar-refractivity contribution is 0.122. The van der Waals surface area contributed by atoms with E-state index in [9.17, 15) is 0 Å². The molecule has 0 aromatic heterocycles. The van der Waals surface area contributed by atoms with E-state index in [1.165, 1.54) is 11.4 Å². The van der Waals surface area contributed by atoms with Gasteiger partial charge in [-0.3, -0.25) is 0 Å². The number of anilines is 2. The molecule has 2 fully saturated rings. The van der Waals surface area contributed by atoms with E-state index in [-0.39, 0.29) is 0 Å². The highest BCUT2D eigenvalue weighted by Gasteiger charge is 2.19. The Bertz CT molecular complexity index is 363. The first kappa shape index (κ1) is 11.8. The maximum absolute atomic E-state index is 5.95. The molecule has 0 radical (unpaired) electrons. The first-order valence-electron chi connectivity index (χ1n) is 6.76. The van der Waals surface area contributed by atoms with Crippen molar-refractivity contribution >= 4 is 11.4 Å². The Balaban J connectivity index is 1.68. The normalized spacial score (nSPS) is 24.6. The van der Waals surface area contributed by atoms with E-state index in [0.717, 1.165) is 45.8 Å². The summed E-state index contributed by atoms with van der Waals surface area (Å²) in [5.41, 5.74) is 8.53. The fourth-order valence-corrected chi connectivity index (χ4v) is 2.72. The molecule has 0 amide bonds. The average Bonchev–Trinajstić information content (AvgIpc) is 2.87. The Kier molecular flexibility index (Phi) is 3.39. The van der Waals surface area contributed by atoms with Crippen molar-refractivity contribution in [1.82, 2.24) is 0 Å². The highest BCUT2D eigenvalue weighted by Crippen LogP contribution is 2.24.